The van der Waals surface area contributed by atoms with E-state index in [0.717, 1.165) is 30.5 Å². The predicted molar refractivity (Wildman–Crippen MR) is 66.2 cm³/mol. The van der Waals surface area contributed by atoms with Gasteiger partial charge in [0.1, 0.15) is 0 Å². The number of likely N-dealkylation sites (tertiary alicyclic amines) is 1. The fraction of sp³-hybridized carbons (Fsp3) is 0.462. The quantitative estimate of drug-likeness (QED) is 0.560. The van der Waals surface area contributed by atoms with E-state index in [2.05, 4.69) is 0 Å². The van der Waals surface area contributed by atoms with Crippen LogP contribution in [0.5, 0.6) is 0 Å². The van der Waals surface area contributed by atoms with Gasteiger partial charge in [0, 0.05) is 13.1 Å². The van der Waals surface area contributed by atoms with Crippen molar-refractivity contribution in [2.75, 3.05) is 13.1 Å². The van der Waals surface area contributed by atoms with Crippen molar-refractivity contribution >= 4 is 17.0 Å². The van der Waals surface area contributed by atoms with Crippen molar-refractivity contribution in [1.29, 1.82) is 0 Å². The van der Waals surface area contributed by atoms with Gasteiger partial charge in [-0.3, -0.25) is 4.79 Å². The molecule has 1 fully saturated rings. The number of halogens is 4. The molecule has 6 heteroatoms. The third-order valence-corrected chi connectivity index (χ3v) is 3.69. The number of nitrogens with zero attached hydrogens (tertiary/aromatic N) is 1. The molecule has 0 aliphatic carbocycles. The van der Waals surface area contributed by atoms with Crippen molar-refractivity contribution in [1.82, 2.24) is 4.90 Å². The Morgan fingerprint density at radius 3 is 2.11 bits per heavy atom. The lowest BCUT2D eigenvalue weighted by molar-refractivity contribution is -0.137. The SMILES string of the molecule is O=C(Cl)N1CCC(c2ccc(C(F)(F)F)cc2)CC1. The van der Waals surface area contributed by atoms with Crippen LogP contribution in [0.4, 0.5) is 18.0 Å². The van der Waals surface area contributed by atoms with Crippen molar-refractivity contribution in [3.05, 3.63) is 35.4 Å². The summed E-state index contributed by atoms with van der Waals surface area (Å²) in [6.07, 6.45) is -2.85. The smallest absolute Gasteiger partial charge is 0.329 e. The Kier molecular flexibility index (Phi) is 4.04. The molecule has 1 saturated heterocycles. The van der Waals surface area contributed by atoms with E-state index >= 15 is 0 Å². The Morgan fingerprint density at radius 2 is 1.68 bits per heavy atom. The minimum Gasteiger partial charge on any atom is -0.329 e. The number of hydrogen-bond acceptors (Lipinski definition) is 1. The maximum absolute atomic E-state index is 12.4. The van der Waals surface area contributed by atoms with E-state index in [0.29, 0.717) is 13.1 Å². The number of amides is 1. The van der Waals surface area contributed by atoms with Gasteiger partial charge in [-0.2, -0.15) is 13.2 Å². The lowest BCUT2D eigenvalue weighted by Gasteiger charge is -2.30. The van der Waals surface area contributed by atoms with E-state index in [-0.39, 0.29) is 5.92 Å². The highest BCUT2D eigenvalue weighted by Crippen LogP contribution is 2.33. The zero-order valence-electron chi connectivity index (χ0n) is 10.1. The molecule has 0 bridgehead atoms. The number of hydrogen-bond donors (Lipinski definition) is 0. The molecule has 0 N–H and O–H groups in total. The van der Waals surface area contributed by atoms with Gasteiger partial charge in [0.2, 0.25) is 0 Å². The third-order valence-electron chi connectivity index (χ3n) is 3.45. The van der Waals surface area contributed by atoms with Gasteiger partial charge in [-0.15, -0.1) is 0 Å². The maximum atomic E-state index is 12.4. The Hall–Kier alpha value is -1.23. The van der Waals surface area contributed by atoms with Gasteiger partial charge >= 0.3 is 11.5 Å². The molecule has 0 spiro atoms. The van der Waals surface area contributed by atoms with Crippen LogP contribution < -0.4 is 0 Å². The Balaban J connectivity index is 2.02. The molecular formula is C13H13ClF3NO. The second-order valence-corrected chi connectivity index (χ2v) is 4.96. The average molecular weight is 292 g/mol. The summed E-state index contributed by atoms with van der Waals surface area (Å²) >= 11 is 5.38. The summed E-state index contributed by atoms with van der Waals surface area (Å²) in [6.45, 7) is 1.10. The highest BCUT2D eigenvalue weighted by atomic mass is 35.5. The minimum atomic E-state index is -4.30. The van der Waals surface area contributed by atoms with E-state index in [1.807, 2.05) is 0 Å². The first-order valence-electron chi connectivity index (χ1n) is 5.99. The molecule has 0 unspecified atom stereocenters. The first-order valence-corrected chi connectivity index (χ1v) is 6.37. The first-order chi connectivity index (χ1) is 8.88. The third kappa shape index (κ3) is 3.41. The number of benzene rings is 1. The highest BCUT2D eigenvalue weighted by Gasteiger charge is 2.30. The van der Waals surface area contributed by atoms with Crippen LogP contribution in [0.2, 0.25) is 0 Å². The number of carbonyl (C=O) groups is 1. The molecule has 0 aromatic heterocycles. The Morgan fingerprint density at radius 1 is 1.16 bits per heavy atom. The van der Waals surface area contributed by atoms with Crippen molar-refractivity contribution < 1.29 is 18.0 Å². The summed E-state index contributed by atoms with van der Waals surface area (Å²) in [5.41, 5.74) is 0.249. The molecule has 0 saturated carbocycles. The molecule has 19 heavy (non-hydrogen) atoms. The molecule has 1 aliphatic heterocycles. The van der Waals surface area contributed by atoms with E-state index in [9.17, 15) is 18.0 Å². The first kappa shape index (κ1) is 14.2. The number of piperidine rings is 1. The van der Waals surface area contributed by atoms with Crippen LogP contribution in [0.3, 0.4) is 0 Å². The summed E-state index contributed by atoms with van der Waals surface area (Å²) in [5.74, 6) is 0.189. The lowest BCUT2D eigenvalue weighted by Crippen LogP contribution is -2.34. The topological polar surface area (TPSA) is 20.3 Å². The van der Waals surface area contributed by atoms with Gasteiger partial charge in [0.15, 0.2) is 0 Å². The second-order valence-electron chi connectivity index (χ2n) is 4.63. The minimum absolute atomic E-state index is 0.189. The normalized spacial score (nSPS) is 17.6. The summed E-state index contributed by atoms with van der Waals surface area (Å²) in [4.78, 5) is 12.5. The van der Waals surface area contributed by atoms with Crippen molar-refractivity contribution in [2.45, 2.75) is 24.9 Å². The van der Waals surface area contributed by atoms with Gasteiger partial charge in [0.25, 0.3) is 0 Å². The zero-order chi connectivity index (χ0) is 14.0. The molecule has 2 rings (SSSR count). The van der Waals surface area contributed by atoms with Crippen LogP contribution in [-0.4, -0.2) is 23.4 Å². The second kappa shape index (κ2) is 5.41. The van der Waals surface area contributed by atoms with Crippen molar-refractivity contribution in [3.63, 3.8) is 0 Å². The molecule has 104 valence electrons. The fourth-order valence-electron chi connectivity index (χ4n) is 2.33. The predicted octanol–water partition coefficient (Wildman–Crippen LogP) is 4.24. The number of alkyl halides is 3. The molecule has 0 atom stereocenters. The van der Waals surface area contributed by atoms with Crippen LogP contribution >= 0.6 is 11.6 Å². The highest BCUT2D eigenvalue weighted by molar-refractivity contribution is 6.62. The molecule has 1 heterocycles. The zero-order valence-corrected chi connectivity index (χ0v) is 10.8. The number of carbonyl (C=O) groups excluding carboxylic acids is 1. The van der Waals surface area contributed by atoms with Crippen LogP contribution in [0, 0.1) is 0 Å². The van der Waals surface area contributed by atoms with Gasteiger partial charge in [0.05, 0.1) is 5.56 Å². The molecule has 2 nitrogen and oxygen atoms in total. The summed E-state index contributed by atoms with van der Waals surface area (Å²) < 4.78 is 37.3. The van der Waals surface area contributed by atoms with E-state index in [1.54, 1.807) is 4.90 Å². The number of rotatable bonds is 1. The van der Waals surface area contributed by atoms with Crippen molar-refractivity contribution in [2.24, 2.45) is 0 Å². The van der Waals surface area contributed by atoms with Gasteiger partial charge in [-0.05, 0) is 48.1 Å². The monoisotopic (exact) mass is 291 g/mol. The summed E-state index contributed by atoms with van der Waals surface area (Å²) in [6, 6.07) is 5.25. The standard InChI is InChI=1S/C13H13ClF3NO/c14-12(19)18-7-5-10(6-8-18)9-1-3-11(4-2-9)13(15,16)17/h1-4,10H,5-8H2. The summed E-state index contributed by atoms with van der Waals surface area (Å²) in [5, 5.41) is -0.467. The van der Waals surface area contributed by atoms with Crippen molar-refractivity contribution in [3.8, 4) is 0 Å². The van der Waals surface area contributed by atoms with Crippen LogP contribution in [-0.2, 0) is 6.18 Å². The van der Waals surface area contributed by atoms with Gasteiger partial charge in [-0.25, -0.2) is 0 Å². The molecule has 1 aliphatic rings. The Bertz CT molecular complexity index is 450. The van der Waals surface area contributed by atoms with Gasteiger partial charge in [-0.1, -0.05) is 12.1 Å². The maximum Gasteiger partial charge on any atom is 0.416 e. The lowest BCUT2D eigenvalue weighted by atomic mass is 9.89. The average Bonchev–Trinajstić information content (AvgIpc) is 2.38. The van der Waals surface area contributed by atoms with Crippen LogP contribution in [0.25, 0.3) is 0 Å². The molecular weight excluding hydrogens is 279 g/mol. The van der Waals surface area contributed by atoms with Crippen LogP contribution in [0.1, 0.15) is 29.9 Å². The molecule has 1 amide bonds. The van der Waals surface area contributed by atoms with E-state index in [1.165, 1.54) is 12.1 Å². The molecule has 0 radical (unpaired) electrons. The van der Waals surface area contributed by atoms with Gasteiger partial charge < -0.3 is 4.90 Å². The Labute approximate surface area is 114 Å². The van der Waals surface area contributed by atoms with Crippen LogP contribution in [0.15, 0.2) is 24.3 Å². The molecule has 1 aromatic rings. The molecule has 1 aromatic carbocycles. The fourth-order valence-corrected chi connectivity index (χ4v) is 2.50. The largest absolute Gasteiger partial charge is 0.416 e. The van der Waals surface area contributed by atoms with E-state index < -0.39 is 17.1 Å². The summed E-state index contributed by atoms with van der Waals surface area (Å²) in [7, 11) is 0. The van der Waals surface area contributed by atoms with E-state index in [4.69, 9.17) is 11.6 Å².